The normalized spacial score (nSPS) is 10.5. The number of hydrogen-bond acceptors (Lipinski definition) is 3. The van der Waals surface area contributed by atoms with E-state index in [9.17, 15) is 9.59 Å². The van der Waals surface area contributed by atoms with E-state index in [1.165, 1.54) is 0 Å². The molecule has 0 unspecified atom stereocenters. The van der Waals surface area contributed by atoms with Crippen molar-refractivity contribution in [3.8, 4) is 5.75 Å². The highest BCUT2D eigenvalue weighted by atomic mass is 127. The van der Waals surface area contributed by atoms with Crippen molar-refractivity contribution in [2.75, 3.05) is 0 Å². The summed E-state index contributed by atoms with van der Waals surface area (Å²) in [6.07, 6.45) is 0.726. The Balaban J connectivity index is 1.99. The molecule has 3 rings (SSSR count). The number of aldehydes is 1. The van der Waals surface area contributed by atoms with Crippen LogP contribution in [0.5, 0.6) is 5.75 Å². The Morgan fingerprint density at radius 2 is 1.87 bits per heavy atom. The van der Waals surface area contributed by atoms with Crippen molar-refractivity contribution in [1.82, 2.24) is 0 Å². The summed E-state index contributed by atoms with van der Waals surface area (Å²) in [6.45, 7) is 1.98. The Hall–Kier alpha value is -2.21. The fourth-order valence-electron chi connectivity index (χ4n) is 2.36. The molecule has 0 aliphatic carbocycles. The van der Waals surface area contributed by atoms with Gasteiger partial charge in [-0.15, -0.1) is 0 Å². The average Bonchev–Trinajstić information content (AvgIpc) is 2.57. The van der Waals surface area contributed by atoms with Gasteiger partial charge in [-0.1, -0.05) is 36.4 Å². The van der Waals surface area contributed by atoms with Gasteiger partial charge in [0, 0.05) is 3.57 Å². The SMILES string of the molecule is Cc1ccc(C(=O)Oc2ccc3ccccc3c2C=O)cc1I. The third-order valence-electron chi connectivity index (χ3n) is 3.66. The minimum Gasteiger partial charge on any atom is -0.422 e. The summed E-state index contributed by atoms with van der Waals surface area (Å²) in [7, 11) is 0. The van der Waals surface area contributed by atoms with Gasteiger partial charge >= 0.3 is 5.97 Å². The minimum atomic E-state index is -0.471. The highest BCUT2D eigenvalue weighted by Crippen LogP contribution is 2.27. The van der Waals surface area contributed by atoms with Gasteiger partial charge in [0.25, 0.3) is 0 Å². The number of benzene rings is 3. The van der Waals surface area contributed by atoms with E-state index in [2.05, 4.69) is 22.6 Å². The number of rotatable bonds is 3. The number of halogens is 1. The summed E-state index contributed by atoms with van der Waals surface area (Å²) in [5.74, 6) is -0.194. The van der Waals surface area contributed by atoms with Crippen LogP contribution in [0.4, 0.5) is 0 Å². The lowest BCUT2D eigenvalue weighted by molar-refractivity contribution is 0.0734. The number of fused-ring (bicyclic) bond motifs is 1. The van der Waals surface area contributed by atoms with Crippen molar-refractivity contribution >= 4 is 45.6 Å². The Kier molecular flexibility index (Phi) is 4.43. The molecule has 3 aromatic rings. The number of carbonyl (C=O) groups excluding carboxylic acids is 2. The molecule has 0 fully saturated rings. The highest BCUT2D eigenvalue weighted by Gasteiger charge is 2.14. The van der Waals surface area contributed by atoms with Crippen LogP contribution in [0.1, 0.15) is 26.3 Å². The molecular weight excluding hydrogens is 403 g/mol. The molecular formula is C19H13IO3. The summed E-state index contributed by atoms with van der Waals surface area (Å²) in [6, 6.07) is 16.4. The van der Waals surface area contributed by atoms with E-state index in [0.29, 0.717) is 11.1 Å². The van der Waals surface area contributed by atoms with Crippen molar-refractivity contribution < 1.29 is 14.3 Å². The Morgan fingerprint density at radius 1 is 1.09 bits per heavy atom. The quantitative estimate of drug-likeness (QED) is 0.267. The number of carbonyl (C=O) groups is 2. The summed E-state index contributed by atoms with van der Waals surface area (Å²) in [5.41, 5.74) is 1.95. The van der Waals surface area contributed by atoms with E-state index in [1.807, 2.05) is 43.3 Å². The zero-order valence-electron chi connectivity index (χ0n) is 12.4. The number of ether oxygens (including phenoxy) is 1. The molecule has 0 bridgehead atoms. The maximum absolute atomic E-state index is 12.3. The van der Waals surface area contributed by atoms with Gasteiger partial charge in [0.1, 0.15) is 5.75 Å². The molecule has 0 aromatic heterocycles. The zero-order chi connectivity index (χ0) is 16.4. The Bertz CT molecular complexity index is 916. The van der Waals surface area contributed by atoms with E-state index >= 15 is 0 Å². The minimum absolute atomic E-state index is 0.277. The van der Waals surface area contributed by atoms with Gasteiger partial charge in [0.15, 0.2) is 6.29 Å². The van der Waals surface area contributed by atoms with E-state index in [4.69, 9.17) is 4.74 Å². The maximum Gasteiger partial charge on any atom is 0.343 e. The smallest absolute Gasteiger partial charge is 0.343 e. The molecule has 3 nitrogen and oxygen atoms in total. The van der Waals surface area contributed by atoms with Crippen LogP contribution in [0.15, 0.2) is 54.6 Å². The second-order valence-electron chi connectivity index (χ2n) is 5.17. The van der Waals surface area contributed by atoms with E-state index < -0.39 is 5.97 Å². The van der Waals surface area contributed by atoms with Gasteiger partial charge in [0.2, 0.25) is 0 Å². The van der Waals surface area contributed by atoms with E-state index in [0.717, 1.165) is 26.2 Å². The maximum atomic E-state index is 12.3. The lowest BCUT2D eigenvalue weighted by Crippen LogP contribution is -2.10. The van der Waals surface area contributed by atoms with Gasteiger partial charge in [-0.25, -0.2) is 4.79 Å². The molecule has 0 amide bonds. The number of aryl methyl sites for hydroxylation is 1. The molecule has 0 saturated heterocycles. The van der Waals surface area contributed by atoms with Crippen LogP contribution in [-0.2, 0) is 0 Å². The second-order valence-corrected chi connectivity index (χ2v) is 6.33. The number of esters is 1. The van der Waals surface area contributed by atoms with Crippen molar-refractivity contribution in [3.05, 3.63) is 74.9 Å². The van der Waals surface area contributed by atoms with E-state index in [1.54, 1.807) is 18.2 Å². The molecule has 23 heavy (non-hydrogen) atoms. The molecule has 0 radical (unpaired) electrons. The molecule has 0 N–H and O–H groups in total. The average molecular weight is 416 g/mol. The summed E-state index contributed by atoms with van der Waals surface area (Å²) in [5, 5.41) is 1.70. The molecule has 0 saturated carbocycles. The van der Waals surface area contributed by atoms with Crippen LogP contribution in [-0.4, -0.2) is 12.3 Å². The van der Waals surface area contributed by atoms with E-state index in [-0.39, 0.29) is 5.75 Å². The third-order valence-corrected chi connectivity index (χ3v) is 4.82. The molecule has 0 heterocycles. The van der Waals surface area contributed by atoms with Crippen LogP contribution >= 0.6 is 22.6 Å². The molecule has 0 spiro atoms. The molecule has 114 valence electrons. The van der Waals surface area contributed by atoms with Crippen LogP contribution in [0.2, 0.25) is 0 Å². The lowest BCUT2D eigenvalue weighted by Gasteiger charge is -2.10. The monoisotopic (exact) mass is 416 g/mol. The van der Waals surface area contributed by atoms with Crippen LogP contribution in [0, 0.1) is 10.5 Å². The fraction of sp³-hybridized carbons (Fsp3) is 0.0526. The molecule has 0 atom stereocenters. The number of hydrogen-bond donors (Lipinski definition) is 0. The van der Waals surface area contributed by atoms with Crippen LogP contribution < -0.4 is 4.74 Å². The Morgan fingerprint density at radius 3 is 2.61 bits per heavy atom. The predicted octanol–water partition coefficient (Wildman–Crippen LogP) is 4.78. The first-order valence-electron chi connectivity index (χ1n) is 7.05. The third kappa shape index (κ3) is 3.12. The summed E-state index contributed by atoms with van der Waals surface area (Å²) in [4.78, 5) is 23.8. The van der Waals surface area contributed by atoms with Gasteiger partial charge in [0.05, 0.1) is 11.1 Å². The van der Waals surface area contributed by atoms with Crippen LogP contribution in [0.25, 0.3) is 10.8 Å². The first-order chi connectivity index (χ1) is 11.1. The zero-order valence-corrected chi connectivity index (χ0v) is 14.5. The first-order valence-corrected chi connectivity index (χ1v) is 8.13. The first kappa shape index (κ1) is 15.7. The van der Waals surface area contributed by atoms with Crippen molar-refractivity contribution in [1.29, 1.82) is 0 Å². The van der Waals surface area contributed by atoms with Gasteiger partial charge in [-0.05, 0) is 64.0 Å². The topological polar surface area (TPSA) is 43.4 Å². The lowest BCUT2D eigenvalue weighted by atomic mass is 10.0. The van der Waals surface area contributed by atoms with Crippen LogP contribution in [0.3, 0.4) is 0 Å². The standard InChI is InChI=1S/C19H13IO3/c1-12-6-7-14(10-17(12)20)19(22)23-18-9-8-13-4-2-3-5-15(13)16(18)11-21/h2-11H,1H3. The summed E-state index contributed by atoms with van der Waals surface area (Å²) >= 11 is 2.18. The molecule has 0 aliphatic heterocycles. The second kappa shape index (κ2) is 6.50. The highest BCUT2D eigenvalue weighted by molar-refractivity contribution is 14.1. The largest absolute Gasteiger partial charge is 0.422 e. The molecule has 3 aromatic carbocycles. The fourth-order valence-corrected chi connectivity index (χ4v) is 2.88. The predicted molar refractivity (Wildman–Crippen MR) is 98.2 cm³/mol. The van der Waals surface area contributed by atoms with Gasteiger partial charge in [-0.3, -0.25) is 4.79 Å². The van der Waals surface area contributed by atoms with Gasteiger partial charge in [-0.2, -0.15) is 0 Å². The van der Waals surface area contributed by atoms with Crippen molar-refractivity contribution in [2.24, 2.45) is 0 Å². The van der Waals surface area contributed by atoms with Crippen molar-refractivity contribution in [3.63, 3.8) is 0 Å². The molecule has 0 aliphatic rings. The summed E-state index contributed by atoms with van der Waals surface area (Å²) < 4.78 is 6.44. The Labute approximate surface area is 147 Å². The van der Waals surface area contributed by atoms with Crippen molar-refractivity contribution in [2.45, 2.75) is 6.92 Å². The van der Waals surface area contributed by atoms with Gasteiger partial charge < -0.3 is 4.74 Å². The molecule has 4 heteroatoms.